The number of unbranched alkanes of at least 4 members (excludes halogenated alkanes) is 6. The minimum atomic E-state index is 0.102. The summed E-state index contributed by atoms with van der Waals surface area (Å²) >= 11 is 0. The zero-order valence-electron chi connectivity index (χ0n) is 12.7. The van der Waals surface area contributed by atoms with Gasteiger partial charge in [-0.1, -0.05) is 69.1 Å². The molecule has 1 nitrogen and oxygen atoms in total. The molecule has 0 fully saturated rings. The first-order valence-electron chi connectivity index (χ1n) is 7.95. The number of hydrogen-bond acceptors (Lipinski definition) is 0. The van der Waals surface area contributed by atoms with E-state index in [9.17, 15) is 5.11 Å². The Morgan fingerprint density at radius 1 is 0.632 bits per heavy atom. The fourth-order valence-corrected chi connectivity index (χ4v) is 1.90. The third-order valence-electron chi connectivity index (χ3n) is 3.05. The van der Waals surface area contributed by atoms with E-state index >= 15 is 0 Å². The summed E-state index contributed by atoms with van der Waals surface area (Å²) in [6, 6.07) is 0. The van der Waals surface area contributed by atoms with Gasteiger partial charge in [-0.25, -0.2) is 5.11 Å². The van der Waals surface area contributed by atoms with Gasteiger partial charge in [0.15, 0.2) is 0 Å². The molecule has 0 atom stereocenters. The molecule has 0 spiro atoms. The van der Waals surface area contributed by atoms with Crippen molar-refractivity contribution in [2.24, 2.45) is 0 Å². The maximum Gasteiger partial charge on any atom is 0.0822 e. The number of hydrogen-bond donors (Lipinski definition) is 0. The van der Waals surface area contributed by atoms with Crippen LogP contribution in [-0.4, -0.2) is 6.61 Å². The van der Waals surface area contributed by atoms with Crippen LogP contribution in [0.25, 0.3) is 0 Å². The zero-order valence-corrected chi connectivity index (χ0v) is 12.7. The topological polar surface area (TPSA) is 19.9 Å². The molecule has 0 N–H and O–H groups in total. The van der Waals surface area contributed by atoms with Crippen LogP contribution >= 0.6 is 0 Å². The van der Waals surface area contributed by atoms with E-state index in [1.54, 1.807) is 0 Å². The number of rotatable bonds is 13. The van der Waals surface area contributed by atoms with E-state index in [2.05, 4.69) is 43.4 Å². The van der Waals surface area contributed by atoms with E-state index in [-0.39, 0.29) is 6.61 Å². The first kappa shape index (κ1) is 18.2. The Kier molecular flexibility index (Phi) is 16.4. The summed E-state index contributed by atoms with van der Waals surface area (Å²) in [5.74, 6) is 0. The molecular formula is C18H31O. The van der Waals surface area contributed by atoms with Gasteiger partial charge in [-0.05, 0) is 38.5 Å². The van der Waals surface area contributed by atoms with Gasteiger partial charge in [-0.2, -0.15) is 0 Å². The van der Waals surface area contributed by atoms with Crippen LogP contribution < -0.4 is 0 Å². The van der Waals surface area contributed by atoms with Gasteiger partial charge in [-0.3, -0.25) is 0 Å². The van der Waals surface area contributed by atoms with Crippen LogP contribution in [0.1, 0.15) is 71.1 Å². The van der Waals surface area contributed by atoms with E-state index in [0.717, 1.165) is 32.1 Å². The lowest BCUT2D eigenvalue weighted by molar-refractivity contribution is 0.186. The lowest BCUT2D eigenvalue weighted by Crippen LogP contribution is -1.82. The summed E-state index contributed by atoms with van der Waals surface area (Å²) in [5.41, 5.74) is 0. The summed E-state index contributed by atoms with van der Waals surface area (Å²) in [6.45, 7) is 2.26. The summed E-state index contributed by atoms with van der Waals surface area (Å²) in [7, 11) is 0. The maximum atomic E-state index is 10.2. The van der Waals surface area contributed by atoms with E-state index in [1.807, 2.05) is 0 Å². The highest BCUT2D eigenvalue weighted by atomic mass is 16.2. The molecule has 1 radical (unpaired) electrons. The first-order chi connectivity index (χ1) is 9.41. The van der Waals surface area contributed by atoms with Gasteiger partial charge in [-0.15, -0.1) is 0 Å². The van der Waals surface area contributed by atoms with E-state index in [0.29, 0.717) is 0 Å². The standard InChI is InChI=1S/C18H31O/c1-2-3-4-5-6-7-8-9-10-11-12-13-14-15-16-17-18-19/h3-4,6-7,9-10H,2,5,8,11-18H2,1H3/b4-3+,7-6+,10-9+. The molecule has 109 valence electrons. The molecule has 0 aromatic rings. The largest absolute Gasteiger partial charge is 0.237 e. The van der Waals surface area contributed by atoms with Gasteiger partial charge < -0.3 is 0 Å². The van der Waals surface area contributed by atoms with Crippen LogP contribution in [0.2, 0.25) is 0 Å². The van der Waals surface area contributed by atoms with Crippen LogP contribution in [0.4, 0.5) is 0 Å². The molecule has 19 heavy (non-hydrogen) atoms. The lowest BCUT2D eigenvalue weighted by atomic mass is 10.1. The summed E-state index contributed by atoms with van der Waals surface area (Å²) in [5, 5.41) is 10.2. The molecular weight excluding hydrogens is 232 g/mol. The number of allylic oxidation sites excluding steroid dienone is 6. The van der Waals surface area contributed by atoms with Crippen molar-refractivity contribution >= 4 is 0 Å². The maximum absolute atomic E-state index is 10.2. The quantitative estimate of drug-likeness (QED) is 0.286. The fraction of sp³-hybridized carbons (Fsp3) is 0.667. The van der Waals surface area contributed by atoms with E-state index < -0.39 is 0 Å². The van der Waals surface area contributed by atoms with Gasteiger partial charge in [0, 0.05) is 0 Å². The Labute approximate surface area is 120 Å². The normalized spacial score (nSPS) is 12.3. The minimum absolute atomic E-state index is 0.102. The Hall–Kier alpha value is -0.820. The molecule has 0 aliphatic carbocycles. The van der Waals surface area contributed by atoms with Crippen LogP contribution in [0.15, 0.2) is 36.5 Å². The van der Waals surface area contributed by atoms with Crippen LogP contribution in [0, 0.1) is 0 Å². The molecule has 0 aromatic carbocycles. The van der Waals surface area contributed by atoms with Crippen LogP contribution in [0.3, 0.4) is 0 Å². The summed E-state index contributed by atoms with van der Waals surface area (Å²) < 4.78 is 0. The van der Waals surface area contributed by atoms with Crippen molar-refractivity contribution in [1.29, 1.82) is 0 Å². The molecule has 0 unspecified atom stereocenters. The van der Waals surface area contributed by atoms with Crippen LogP contribution in [0.5, 0.6) is 0 Å². The average molecular weight is 263 g/mol. The molecule has 0 aliphatic heterocycles. The summed E-state index contributed by atoms with van der Waals surface area (Å²) in [4.78, 5) is 0. The van der Waals surface area contributed by atoms with Crippen molar-refractivity contribution in [3.63, 3.8) is 0 Å². The van der Waals surface area contributed by atoms with Gasteiger partial charge in [0.05, 0.1) is 6.61 Å². The molecule has 0 saturated carbocycles. The summed E-state index contributed by atoms with van der Waals surface area (Å²) in [6.07, 6.45) is 25.0. The third-order valence-corrected chi connectivity index (χ3v) is 3.05. The molecule has 0 rings (SSSR count). The second kappa shape index (κ2) is 17.2. The van der Waals surface area contributed by atoms with Crippen molar-refractivity contribution in [2.75, 3.05) is 6.61 Å². The minimum Gasteiger partial charge on any atom is -0.237 e. The van der Waals surface area contributed by atoms with Crippen molar-refractivity contribution < 1.29 is 5.11 Å². The average Bonchev–Trinajstić information content (AvgIpc) is 2.43. The predicted molar refractivity (Wildman–Crippen MR) is 84.8 cm³/mol. The van der Waals surface area contributed by atoms with E-state index in [4.69, 9.17) is 0 Å². The Balaban J connectivity index is 3.19. The second-order valence-electron chi connectivity index (χ2n) is 4.91. The zero-order chi connectivity index (χ0) is 14.0. The lowest BCUT2D eigenvalue weighted by Gasteiger charge is -1.98. The molecule has 0 aliphatic rings. The predicted octanol–water partition coefficient (Wildman–Crippen LogP) is 6.01. The molecule has 0 heterocycles. The van der Waals surface area contributed by atoms with Crippen LogP contribution in [-0.2, 0) is 5.11 Å². The fourth-order valence-electron chi connectivity index (χ4n) is 1.90. The van der Waals surface area contributed by atoms with Crippen molar-refractivity contribution in [3.8, 4) is 0 Å². The van der Waals surface area contributed by atoms with Crippen molar-refractivity contribution in [2.45, 2.75) is 71.1 Å². The van der Waals surface area contributed by atoms with E-state index in [1.165, 1.54) is 32.1 Å². The van der Waals surface area contributed by atoms with Crippen molar-refractivity contribution in [3.05, 3.63) is 36.5 Å². The highest BCUT2D eigenvalue weighted by molar-refractivity contribution is 4.96. The molecule has 0 aromatic heterocycles. The Morgan fingerprint density at radius 3 is 1.79 bits per heavy atom. The smallest absolute Gasteiger partial charge is 0.0822 e. The molecule has 1 heteroatoms. The monoisotopic (exact) mass is 263 g/mol. The van der Waals surface area contributed by atoms with Gasteiger partial charge >= 0.3 is 0 Å². The molecule has 0 saturated heterocycles. The highest BCUT2D eigenvalue weighted by Crippen LogP contribution is 2.07. The van der Waals surface area contributed by atoms with Crippen molar-refractivity contribution in [1.82, 2.24) is 0 Å². The SMILES string of the molecule is CC/C=C/C/C=C/C/C=C/CCCCCCCC[O]. The second-order valence-corrected chi connectivity index (χ2v) is 4.91. The van der Waals surface area contributed by atoms with Gasteiger partial charge in [0.2, 0.25) is 0 Å². The van der Waals surface area contributed by atoms with Gasteiger partial charge in [0.1, 0.15) is 0 Å². The first-order valence-corrected chi connectivity index (χ1v) is 7.95. The highest BCUT2D eigenvalue weighted by Gasteiger charge is 1.89. The molecule has 0 bridgehead atoms. The molecule has 0 amide bonds. The Bertz CT molecular complexity index is 238. The van der Waals surface area contributed by atoms with Gasteiger partial charge in [0.25, 0.3) is 0 Å². The Morgan fingerprint density at radius 2 is 1.16 bits per heavy atom. The third kappa shape index (κ3) is 17.2.